The molecule has 6 aromatic carbocycles. The number of rotatable bonds is 0. The summed E-state index contributed by atoms with van der Waals surface area (Å²) in [5, 5.41) is 2.40. The molecule has 1 spiro atoms. The topological polar surface area (TPSA) is 9.23 Å². The van der Waals surface area contributed by atoms with Crippen LogP contribution in [0.3, 0.4) is 0 Å². The summed E-state index contributed by atoms with van der Waals surface area (Å²) < 4.78 is 6.66. The van der Waals surface area contributed by atoms with Crippen molar-refractivity contribution in [3.05, 3.63) is 156 Å². The number of para-hydroxylation sites is 1. The third-order valence-corrected chi connectivity index (χ3v) is 7.93. The summed E-state index contributed by atoms with van der Waals surface area (Å²) in [4.78, 5) is 0. The predicted molar refractivity (Wildman–Crippen MR) is 147 cm³/mol. The van der Waals surface area contributed by atoms with Gasteiger partial charge in [0.2, 0.25) is 0 Å². The molecule has 0 aromatic heterocycles. The fourth-order valence-corrected chi connectivity index (χ4v) is 6.49. The van der Waals surface area contributed by atoms with Gasteiger partial charge in [-0.2, -0.15) is 0 Å². The Hall–Kier alpha value is -4.62. The summed E-state index contributed by atoms with van der Waals surface area (Å²) in [5.74, 6) is 1.83. The molecule has 0 fully saturated rings. The summed E-state index contributed by atoms with van der Waals surface area (Å²) in [6, 6.07) is 48.4. The van der Waals surface area contributed by atoms with Gasteiger partial charge in [0.15, 0.2) is 0 Å². The van der Waals surface area contributed by atoms with Crippen LogP contribution in [-0.2, 0) is 5.41 Å². The van der Waals surface area contributed by atoms with Crippen LogP contribution in [0, 0.1) is 0 Å². The number of fused-ring (bicyclic) bond motifs is 12. The molecule has 1 aliphatic heterocycles. The summed E-state index contributed by atoms with van der Waals surface area (Å²) in [6.45, 7) is 0. The fourth-order valence-electron chi connectivity index (χ4n) is 6.49. The predicted octanol–water partition coefficient (Wildman–Crippen LogP) is 8.98. The van der Waals surface area contributed by atoms with Crippen LogP contribution in [0.5, 0.6) is 11.5 Å². The monoisotopic (exact) mass is 458 g/mol. The Balaban J connectivity index is 1.65. The van der Waals surface area contributed by atoms with Crippen LogP contribution < -0.4 is 4.74 Å². The van der Waals surface area contributed by atoms with Crippen LogP contribution in [-0.4, -0.2) is 0 Å². The SMILES string of the molecule is c1ccc2c(c1)Oc1cc3ccccc3cc1C21c2ccccc2-c2ccccc2-c2ccccc21. The minimum atomic E-state index is -0.527. The molecule has 0 radical (unpaired) electrons. The molecule has 2 aliphatic rings. The van der Waals surface area contributed by atoms with E-state index in [1.165, 1.54) is 55.3 Å². The van der Waals surface area contributed by atoms with E-state index < -0.39 is 5.41 Å². The molecule has 0 amide bonds. The van der Waals surface area contributed by atoms with E-state index in [2.05, 4.69) is 133 Å². The maximum absolute atomic E-state index is 6.66. The molecule has 0 unspecified atom stereocenters. The van der Waals surface area contributed by atoms with Gasteiger partial charge in [-0.1, -0.05) is 115 Å². The Labute approximate surface area is 210 Å². The highest BCUT2D eigenvalue weighted by molar-refractivity contribution is 5.95. The van der Waals surface area contributed by atoms with E-state index >= 15 is 0 Å². The molecular weight excluding hydrogens is 436 g/mol. The van der Waals surface area contributed by atoms with Crippen LogP contribution in [0.4, 0.5) is 0 Å². The van der Waals surface area contributed by atoms with Crippen molar-refractivity contribution in [1.82, 2.24) is 0 Å². The van der Waals surface area contributed by atoms with E-state index in [1.54, 1.807) is 0 Å². The molecule has 0 N–H and O–H groups in total. The van der Waals surface area contributed by atoms with Gasteiger partial charge in [-0.25, -0.2) is 0 Å². The van der Waals surface area contributed by atoms with Gasteiger partial charge in [0.1, 0.15) is 11.5 Å². The molecule has 1 heterocycles. The lowest BCUT2D eigenvalue weighted by molar-refractivity contribution is 0.436. The molecule has 168 valence electrons. The van der Waals surface area contributed by atoms with E-state index in [4.69, 9.17) is 4.74 Å². The Bertz CT molecular complexity index is 1760. The highest BCUT2D eigenvalue weighted by Crippen LogP contribution is 2.60. The van der Waals surface area contributed by atoms with Crippen LogP contribution >= 0.6 is 0 Å². The van der Waals surface area contributed by atoms with Crippen molar-refractivity contribution in [2.45, 2.75) is 5.41 Å². The van der Waals surface area contributed by atoms with Gasteiger partial charge < -0.3 is 4.74 Å². The smallest absolute Gasteiger partial charge is 0.132 e. The lowest BCUT2D eigenvalue weighted by atomic mass is 9.62. The van der Waals surface area contributed by atoms with Crippen LogP contribution in [0.25, 0.3) is 33.0 Å². The van der Waals surface area contributed by atoms with Gasteiger partial charge in [0.05, 0.1) is 5.41 Å². The summed E-state index contributed by atoms with van der Waals surface area (Å²) >= 11 is 0. The van der Waals surface area contributed by atoms with Crippen molar-refractivity contribution in [1.29, 1.82) is 0 Å². The zero-order valence-electron chi connectivity index (χ0n) is 19.6. The van der Waals surface area contributed by atoms with Gasteiger partial charge in [0.25, 0.3) is 0 Å². The largest absolute Gasteiger partial charge is 0.457 e. The second-order valence-electron chi connectivity index (χ2n) is 9.68. The van der Waals surface area contributed by atoms with E-state index in [-0.39, 0.29) is 0 Å². The average molecular weight is 459 g/mol. The summed E-state index contributed by atoms with van der Waals surface area (Å²) in [5.41, 5.74) is 9.48. The zero-order valence-corrected chi connectivity index (χ0v) is 19.6. The first-order valence-electron chi connectivity index (χ1n) is 12.4. The molecule has 6 aromatic rings. The second kappa shape index (κ2) is 7.19. The van der Waals surface area contributed by atoms with Crippen molar-refractivity contribution < 1.29 is 4.74 Å². The van der Waals surface area contributed by atoms with E-state index in [0.717, 1.165) is 11.5 Å². The van der Waals surface area contributed by atoms with Crippen LogP contribution in [0.15, 0.2) is 133 Å². The highest BCUT2D eigenvalue weighted by atomic mass is 16.5. The molecule has 8 rings (SSSR count). The highest BCUT2D eigenvalue weighted by Gasteiger charge is 2.49. The number of benzene rings is 6. The van der Waals surface area contributed by atoms with Crippen molar-refractivity contribution in [2.24, 2.45) is 0 Å². The molecule has 0 atom stereocenters. The van der Waals surface area contributed by atoms with Crippen molar-refractivity contribution in [2.75, 3.05) is 0 Å². The van der Waals surface area contributed by atoms with Crippen LogP contribution in [0.1, 0.15) is 22.3 Å². The van der Waals surface area contributed by atoms with Gasteiger partial charge in [-0.15, -0.1) is 0 Å². The molecule has 1 heteroatoms. The van der Waals surface area contributed by atoms with Gasteiger partial charge in [0, 0.05) is 11.1 Å². The minimum absolute atomic E-state index is 0.527. The van der Waals surface area contributed by atoms with E-state index in [0.29, 0.717) is 0 Å². The van der Waals surface area contributed by atoms with Gasteiger partial charge in [-0.05, 0) is 62.4 Å². The van der Waals surface area contributed by atoms with E-state index in [9.17, 15) is 0 Å². The summed E-state index contributed by atoms with van der Waals surface area (Å²) in [7, 11) is 0. The number of ether oxygens (including phenoxy) is 1. The Morgan fingerprint density at radius 3 is 1.47 bits per heavy atom. The molecule has 0 saturated heterocycles. The molecule has 36 heavy (non-hydrogen) atoms. The lowest BCUT2D eigenvalue weighted by Gasteiger charge is -2.42. The normalized spacial score (nSPS) is 14.0. The fraction of sp³-hybridized carbons (Fsp3) is 0.0286. The zero-order chi connectivity index (χ0) is 23.7. The summed E-state index contributed by atoms with van der Waals surface area (Å²) in [6.07, 6.45) is 0. The van der Waals surface area contributed by atoms with Crippen LogP contribution in [0.2, 0.25) is 0 Å². The van der Waals surface area contributed by atoms with Gasteiger partial charge >= 0.3 is 0 Å². The molecule has 1 nitrogen and oxygen atoms in total. The molecule has 0 saturated carbocycles. The van der Waals surface area contributed by atoms with Crippen molar-refractivity contribution >= 4 is 10.8 Å². The first-order chi connectivity index (χ1) is 17.9. The first kappa shape index (κ1) is 19.7. The minimum Gasteiger partial charge on any atom is -0.457 e. The average Bonchev–Trinajstić information content (AvgIpc) is 3.05. The third-order valence-electron chi connectivity index (χ3n) is 7.93. The number of hydrogen-bond donors (Lipinski definition) is 0. The maximum atomic E-state index is 6.66. The maximum Gasteiger partial charge on any atom is 0.132 e. The quantitative estimate of drug-likeness (QED) is 0.220. The molecular formula is C35H22O. The van der Waals surface area contributed by atoms with Gasteiger partial charge in [-0.3, -0.25) is 0 Å². The second-order valence-corrected chi connectivity index (χ2v) is 9.68. The Morgan fingerprint density at radius 2 is 0.833 bits per heavy atom. The first-order valence-corrected chi connectivity index (χ1v) is 12.4. The lowest BCUT2D eigenvalue weighted by Crippen LogP contribution is -2.34. The Kier molecular flexibility index (Phi) is 3.93. The molecule has 1 aliphatic carbocycles. The van der Waals surface area contributed by atoms with Crippen molar-refractivity contribution in [3.8, 4) is 33.8 Å². The van der Waals surface area contributed by atoms with E-state index in [1.807, 2.05) is 0 Å². The standard InChI is InChI=1S/C35H22O/c1-2-12-24-22-34-32(21-23(24)11-1)35(31-19-9-10-20-33(31)36-34)29-17-7-5-15-27(29)25-13-3-4-14-26(25)28-16-6-8-18-30(28)35/h1-22H. The number of hydrogen-bond acceptors (Lipinski definition) is 1. The molecule has 0 bridgehead atoms. The Morgan fingerprint density at radius 1 is 0.361 bits per heavy atom. The van der Waals surface area contributed by atoms with Crippen molar-refractivity contribution in [3.63, 3.8) is 0 Å². The third kappa shape index (κ3) is 2.44.